The summed E-state index contributed by atoms with van der Waals surface area (Å²) in [6.45, 7) is 2.62. The molecule has 0 unspecified atom stereocenters. The van der Waals surface area contributed by atoms with Crippen molar-refractivity contribution in [3.63, 3.8) is 0 Å². The zero-order chi connectivity index (χ0) is 17.0. The van der Waals surface area contributed by atoms with Crippen LogP contribution in [0.25, 0.3) is 0 Å². The fourth-order valence-electron chi connectivity index (χ4n) is 2.71. The molecule has 1 saturated heterocycles. The highest BCUT2D eigenvalue weighted by Crippen LogP contribution is 2.44. The zero-order valence-electron chi connectivity index (χ0n) is 13.0. The van der Waals surface area contributed by atoms with Gasteiger partial charge in [-0.05, 0) is 17.7 Å². The largest absolute Gasteiger partial charge is 0.417 e. The van der Waals surface area contributed by atoms with Crippen LogP contribution in [0.4, 0.5) is 13.2 Å². The van der Waals surface area contributed by atoms with E-state index in [-0.39, 0.29) is 10.3 Å². The van der Waals surface area contributed by atoms with Gasteiger partial charge >= 0.3 is 6.18 Å². The minimum Gasteiger partial charge on any atom is -0.379 e. The van der Waals surface area contributed by atoms with Gasteiger partial charge in [-0.3, -0.25) is 4.90 Å². The molecular weight excluding hydrogens is 335 g/mol. The van der Waals surface area contributed by atoms with Crippen molar-refractivity contribution in [1.82, 2.24) is 4.90 Å². The normalized spacial score (nSPS) is 17.6. The third-order valence-electron chi connectivity index (χ3n) is 3.89. The van der Waals surface area contributed by atoms with Crippen LogP contribution in [0.1, 0.15) is 16.5 Å². The number of alkyl halides is 3. The van der Waals surface area contributed by atoms with E-state index < -0.39 is 11.7 Å². The lowest BCUT2D eigenvalue weighted by Gasteiger charge is -2.34. The Morgan fingerprint density at radius 2 is 1.54 bits per heavy atom. The molecule has 0 bridgehead atoms. The van der Waals surface area contributed by atoms with Gasteiger partial charge in [0.05, 0.1) is 24.2 Å². The van der Waals surface area contributed by atoms with Crippen LogP contribution in [-0.2, 0) is 10.9 Å². The number of hydrogen-bond donors (Lipinski definition) is 0. The molecule has 0 saturated carbocycles. The lowest BCUT2D eigenvalue weighted by Crippen LogP contribution is -2.38. The second-order valence-electron chi connectivity index (χ2n) is 5.52. The Balaban J connectivity index is 1.93. The highest BCUT2D eigenvalue weighted by Gasteiger charge is 2.34. The van der Waals surface area contributed by atoms with Crippen molar-refractivity contribution in [3.8, 4) is 0 Å². The molecule has 2 nitrogen and oxygen atoms in total. The van der Waals surface area contributed by atoms with Crippen LogP contribution in [-0.4, -0.2) is 31.2 Å². The van der Waals surface area contributed by atoms with Gasteiger partial charge in [-0.25, -0.2) is 0 Å². The minimum atomic E-state index is -4.35. The van der Waals surface area contributed by atoms with Crippen molar-refractivity contribution in [3.05, 3.63) is 65.7 Å². The summed E-state index contributed by atoms with van der Waals surface area (Å²) in [7, 11) is 0. The molecule has 0 aliphatic carbocycles. The maximum atomic E-state index is 13.3. The number of benzene rings is 2. The van der Waals surface area contributed by atoms with Crippen molar-refractivity contribution in [2.45, 2.75) is 16.4 Å². The van der Waals surface area contributed by atoms with Gasteiger partial charge in [-0.2, -0.15) is 13.2 Å². The predicted molar refractivity (Wildman–Crippen MR) is 88.9 cm³/mol. The molecule has 6 heteroatoms. The van der Waals surface area contributed by atoms with Gasteiger partial charge in [0.2, 0.25) is 0 Å². The summed E-state index contributed by atoms with van der Waals surface area (Å²) < 4.78 is 45.3. The van der Waals surface area contributed by atoms with E-state index in [1.807, 2.05) is 30.3 Å². The summed E-state index contributed by atoms with van der Waals surface area (Å²) in [5.41, 5.74) is 0.422. The monoisotopic (exact) mass is 353 g/mol. The van der Waals surface area contributed by atoms with Gasteiger partial charge in [0.15, 0.2) is 0 Å². The van der Waals surface area contributed by atoms with E-state index in [1.54, 1.807) is 12.1 Å². The molecule has 3 rings (SSSR count). The molecule has 1 heterocycles. The number of ether oxygens (including phenoxy) is 1. The Hall–Kier alpha value is -1.50. The van der Waals surface area contributed by atoms with Crippen molar-refractivity contribution in [1.29, 1.82) is 0 Å². The average Bonchev–Trinajstić information content (AvgIpc) is 2.61. The predicted octanol–water partition coefficient (Wildman–Crippen LogP) is 4.83. The van der Waals surface area contributed by atoms with Crippen molar-refractivity contribution in [2.75, 3.05) is 26.3 Å². The van der Waals surface area contributed by atoms with Gasteiger partial charge in [0, 0.05) is 18.0 Å². The molecule has 1 aliphatic heterocycles. The Bertz CT molecular complexity index is 657. The fraction of sp³-hybridized carbons (Fsp3) is 0.333. The lowest BCUT2D eigenvalue weighted by molar-refractivity contribution is -0.139. The summed E-state index contributed by atoms with van der Waals surface area (Å²) in [6, 6.07) is 15.4. The van der Waals surface area contributed by atoms with Crippen LogP contribution >= 0.6 is 11.8 Å². The molecule has 24 heavy (non-hydrogen) atoms. The Kier molecular flexibility index (Phi) is 5.48. The van der Waals surface area contributed by atoms with Crippen molar-refractivity contribution >= 4 is 11.8 Å². The molecule has 0 aromatic heterocycles. The molecule has 1 fully saturated rings. The number of rotatable bonds is 4. The maximum Gasteiger partial charge on any atom is 0.417 e. The number of hydrogen-bond acceptors (Lipinski definition) is 3. The molecule has 1 aliphatic rings. The summed E-state index contributed by atoms with van der Waals surface area (Å²) in [5.74, 6) is 0. The van der Waals surface area contributed by atoms with E-state index in [9.17, 15) is 13.2 Å². The SMILES string of the molecule is FC(F)(F)c1ccccc1S[C@@H](c1ccccc1)N1CCOCC1. The van der Waals surface area contributed by atoms with E-state index in [1.165, 1.54) is 17.8 Å². The van der Waals surface area contributed by atoms with Gasteiger partial charge in [0.25, 0.3) is 0 Å². The topological polar surface area (TPSA) is 12.5 Å². The highest BCUT2D eigenvalue weighted by atomic mass is 32.2. The lowest BCUT2D eigenvalue weighted by atomic mass is 10.2. The van der Waals surface area contributed by atoms with Crippen LogP contribution in [0.15, 0.2) is 59.5 Å². The minimum absolute atomic E-state index is 0.168. The molecule has 2 aromatic rings. The van der Waals surface area contributed by atoms with Crippen LogP contribution in [0.3, 0.4) is 0 Å². The first kappa shape index (κ1) is 17.3. The van der Waals surface area contributed by atoms with Crippen molar-refractivity contribution < 1.29 is 17.9 Å². The summed E-state index contributed by atoms with van der Waals surface area (Å²) in [4.78, 5) is 2.43. The molecule has 2 aromatic carbocycles. The third kappa shape index (κ3) is 4.12. The first-order valence-corrected chi connectivity index (χ1v) is 8.63. The standard InChI is InChI=1S/C18H18F3NOS/c19-18(20,21)15-8-4-5-9-16(15)24-17(14-6-2-1-3-7-14)22-10-12-23-13-11-22/h1-9,17H,10-13H2/t17-/m0/s1. The average molecular weight is 353 g/mol. The third-order valence-corrected chi connectivity index (χ3v) is 5.30. The number of halogens is 3. The smallest absolute Gasteiger partial charge is 0.379 e. The first-order chi connectivity index (χ1) is 11.6. The molecule has 0 N–H and O–H groups in total. The van der Waals surface area contributed by atoms with E-state index in [0.29, 0.717) is 26.3 Å². The van der Waals surface area contributed by atoms with E-state index >= 15 is 0 Å². The highest BCUT2D eigenvalue weighted by molar-refractivity contribution is 7.99. The van der Waals surface area contributed by atoms with Gasteiger partial charge in [-0.1, -0.05) is 42.5 Å². The number of morpholine rings is 1. The van der Waals surface area contributed by atoms with Crippen LogP contribution in [0.5, 0.6) is 0 Å². The molecule has 128 valence electrons. The number of thioether (sulfide) groups is 1. The summed E-state index contributed by atoms with van der Waals surface area (Å²) >= 11 is 1.25. The van der Waals surface area contributed by atoms with Crippen LogP contribution in [0, 0.1) is 0 Å². The second-order valence-corrected chi connectivity index (χ2v) is 6.65. The maximum absolute atomic E-state index is 13.3. The first-order valence-electron chi connectivity index (χ1n) is 7.75. The van der Waals surface area contributed by atoms with Gasteiger partial charge < -0.3 is 4.74 Å². The summed E-state index contributed by atoms with van der Waals surface area (Å²) in [5, 5.41) is -0.168. The van der Waals surface area contributed by atoms with Crippen molar-refractivity contribution in [2.24, 2.45) is 0 Å². The summed E-state index contributed by atoms with van der Waals surface area (Å²) in [6.07, 6.45) is -4.35. The fourth-order valence-corrected chi connectivity index (χ4v) is 4.07. The Morgan fingerprint density at radius 1 is 0.917 bits per heavy atom. The van der Waals surface area contributed by atoms with Gasteiger partial charge in [0.1, 0.15) is 0 Å². The number of nitrogens with zero attached hydrogens (tertiary/aromatic N) is 1. The Morgan fingerprint density at radius 3 is 2.21 bits per heavy atom. The molecule has 0 amide bonds. The quantitative estimate of drug-likeness (QED) is 0.731. The second kappa shape index (κ2) is 7.59. The molecule has 0 spiro atoms. The van der Waals surface area contributed by atoms with Gasteiger partial charge in [-0.15, -0.1) is 11.8 Å². The zero-order valence-corrected chi connectivity index (χ0v) is 13.8. The molecule has 1 atom stereocenters. The van der Waals surface area contributed by atoms with E-state index in [0.717, 1.165) is 11.6 Å². The van der Waals surface area contributed by atoms with Crippen LogP contribution < -0.4 is 0 Å². The van der Waals surface area contributed by atoms with Crippen LogP contribution in [0.2, 0.25) is 0 Å². The van der Waals surface area contributed by atoms with E-state index in [2.05, 4.69) is 4.90 Å². The molecular formula is C18H18F3NOS. The molecule has 0 radical (unpaired) electrons. The Labute approximate surface area is 143 Å². The van der Waals surface area contributed by atoms with E-state index in [4.69, 9.17) is 4.74 Å².